The van der Waals surface area contributed by atoms with Crippen LogP contribution in [0, 0.1) is 6.92 Å². The molecule has 14 heavy (non-hydrogen) atoms. The quantitative estimate of drug-likeness (QED) is 0.535. The zero-order chi connectivity index (χ0) is 9.99. The van der Waals surface area contributed by atoms with Gasteiger partial charge in [0.05, 0.1) is 0 Å². The average Bonchev–Trinajstić information content (AvgIpc) is 1.84. The van der Waals surface area contributed by atoms with Crippen LogP contribution >= 0.6 is 0 Å². The van der Waals surface area contributed by atoms with Crippen molar-refractivity contribution in [1.82, 2.24) is 0 Å². The van der Waals surface area contributed by atoms with E-state index < -0.39 is 8.32 Å². The van der Waals surface area contributed by atoms with Gasteiger partial charge in [-0.1, -0.05) is 20.8 Å². The molecule has 0 fully saturated rings. The van der Waals surface area contributed by atoms with E-state index >= 15 is 0 Å². The maximum atomic E-state index is 6.03. The fourth-order valence-electron chi connectivity index (χ4n) is 0.739. The minimum Gasteiger partial charge on any atom is -1.00 e. The second kappa shape index (κ2) is 7.66. The molecule has 0 N–H and O–H groups in total. The summed E-state index contributed by atoms with van der Waals surface area (Å²) in [6, 6.07) is 0. The summed E-state index contributed by atoms with van der Waals surface area (Å²) in [6.07, 6.45) is 1.18. The van der Waals surface area contributed by atoms with Gasteiger partial charge in [-0.25, -0.2) is 0 Å². The molecule has 0 aliphatic heterocycles. The first-order chi connectivity index (χ1) is 5.20. The first-order valence-electron chi connectivity index (χ1n) is 4.68. The maximum Gasteiger partial charge on any atom is 2.00 e. The van der Waals surface area contributed by atoms with Crippen LogP contribution in [-0.4, -0.2) is 37.5 Å². The van der Waals surface area contributed by atoms with E-state index in [0.29, 0.717) is 11.1 Å². The number of hydrogen-bond acceptors (Lipinski definition) is 1. The van der Waals surface area contributed by atoms with E-state index in [0.717, 1.165) is 6.42 Å². The first-order valence-corrected chi connectivity index (χ1v) is 7.58. The van der Waals surface area contributed by atoms with Crippen LogP contribution in [0.4, 0.5) is 0 Å². The SMILES string of the molecule is [Br-].[CH2-]CC(C)O[Si](C)(C)C(C)(C)C.[Mg+2]. The van der Waals surface area contributed by atoms with Gasteiger partial charge in [0.15, 0.2) is 8.32 Å². The maximum absolute atomic E-state index is 6.03. The minimum atomic E-state index is -1.53. The van der Waals surface area contributed by atoms with Crippen molar-refractivity contribution in [3.05, 3.63) is 6.92 Å². The van der Waals surface area contributed by atoms with Crippen LogP contribution in [0.2, 0.25) is 18.1 Å². The van der Waals surface area contributed by atoms with Crippen LogP contribution in [-0.2, 0) is 4.43 Å². The molecule has 0 amide bonds. The van der Waals surface area contributed by atoms with Gasteiger partial charge in [-0.15, -0.1) is 0 Å². The number of hydrogen-bond donors (Lipinski definition) is 0. The van der Waals surface area contributed by atoms with Gasteiger partial charge in [-0.05, 0) is 25.1 Å². The normalized spacial score (nSPS) is 13.9. The Morgan fingerprint density at radius 1 is 1.29 bits per heavy atom. The Morgan fingerprint density at radius 2 is 1.64 bits per heavy atom. The molecule has 0 aromatic heterocycles. The summed E-state index contributed by atoms with van der Waals surface area (Å²) in [5.74, 6) is 0. The van der Waals surface area contributed by atoms with Crippen LogP contribution < -0.4 is 17.0 Å². The Bertz CT molecular complexity index is 146. The second-order valence-corrected chi connectivity index (χ2v) is 9.73. The van der Waals surface area contributed by atoms with Crippen molar-refractivity contribution >= 4 is 31.4 Å². The molecule has 0 spiro atoms. The van der Waals surface area contributed by atoms with Crippen LogP contribution in [0.3, 0.4) is 0 Å². The zero-order valence-electron chi connectivity index (χ0n) is 10.5. The molecule has 0 bridgehead atoms. The third-order valence-corrected chi connectivity index (χ3v) is 7.31. The molecule has 1 atom stereocenters. The van der Waals surface area contributed by atoms with Crippen molar-refractivity contribution in [2.75, 3.05) is 0 Å². The Labute approximate surface area is 117 Å². The average molecular weight is 292 g/mol. The summed E-state index contributed by atoms with van der Waals surface area (Å²) < 4.78 is 6.03. The van der Waals surface area contributed by atoms with Gasteiger partial charge < -0.3 is 28.3 Å². The van der Waals surface area contributed by atoms with E-state index in [1.54, 1.807) is 0 Å². The number of halogens is 1. The van der Waals surface area contributed by atoms with Gasteiger partial charge >= 0.3 is 23.1 Å². The van der Waals surface area contributed by atoms with Gasteiger partial charge in [0.25, 0.3) is 0 Å². The zero-order valence-corrected chi connectivity index (χ0v) is 14.5. The Morgan fingerprint density at radius 3 is 1.86 bits per heavy atom. The summed E-state index contributed by atoms with van der Waals surface area (Å²) in [4.78, 5) is 0. The predicted molar refractivity (Wildman–Crippen MR) is 63.5 cm³/mol. The van der Waals surface area contributed by atoms with E-state index in [4.69, 9.17) is 4.43 Å². The van der Waals surface area contributed by atoms with E-state index in [9.17, 15) is 0 Å². The minimum absolute atomic E-state index is 0. The molecule has 0 saturated carbocycles. The number of rotatable bonds is 3. The third-order valence-electron chi connectivity index (χ3n) is 2.71. The largest absolute Gasteiger partial charge is 2.00 e. The molecule has 0 heterocycles. The van der Waals surface area contributed by atoms with Gasteiger partial charge in [0, 0.05) is 6.10 Å². The standard InChI is InChI=1S/C10H23OSi.BrH.Mg/c1-8-9(2)11-12(6,7)10(3,4)5;;/h9H,1,8H2,2-7H3;1H;/q-1;;+2/p-1. The van der Waals surface area contributed by atoms with E-state index in [1.165, 1.54) is 0 Å². The van der Waals surface area contributed by atoms with Crippen LogP contribution in [0.5, 0.6) is 0 Å². The smallest absolute Gasteiger partial charge is 1.00 e. The summed E-state index contributed by atoms with van der Waals surface area (Å²) >= 11 is 0. The van der Waals surface area contributed by atoms with E-state index in [-0.39, 0.29) is 40.0 Å². The van der Waals surface area contributed by atoms with Crippen molar-refractivity contribution in [3.63, 3.8) is 0 Å². The van der Waals surface area contributed by atoms with E-state index in [2.05, 4.69) is 47.7 Å². The van der Waals surface area contributed by atoms with Crippen molar-refractivity contribution in [2.24, 2.45) is 0 Å². The van der Waals surface area contributed by atoms with Gasteiger partial charge in [-0.3, -0.25) is 0 Å². The van der Waals surface area contributed by atoms with Crippen LogP contribution in [0.1, 0.15) is 34.1 Å². The van der Waals surface area contributed by atoms with Gasteiger partial charge in [0.2, 0.25) is 0 Å². The molecular formula is C10H23BrMgOSi. The van der Waals surface area contributed by atoms with Crippen molar-refractivity contribution in [3.8, 4) is 0 Å². The molecule has 0 rings (SSSR count). The summed E-state index contributed by atoms with van der Waals surface area (Å²) in [6.45, 7) is 17.3. The Hall–Kier alpha value is 1.42. The second-order valence-electron chi connectivity index (χ2n) is 4.98. The van der Waals surface area contributed by atoms with Gasteiger partial charge in [-0.2, -0.15) is 6.42 Å². The van der Waals surface area contributed by atoms with Gasteiger partial charge in [0.1, 0.15) is 0 Å². The first kappa shape index (κ1) is 20.8. The molecule has 0 aromatic carbocycles. The fraction of sp³-hybridized carbons (Fsp3) is 0.900. The molecule has 1 nitrogen and oxygen atoms in total. The molecule has 1 unspecified atom stereocenters. The Kier molecular flexibility index (Phi) is 11.4. The molecule has 4 heteroatoms. The summed E-state index contributed by atoms with van der Waals surface area (Å²) in [5.41, 5.74) is 0. The van der Waals surface area contributed by atoms with Crippen LogP contribution in [0.25, 0.3) is 0 Å². The van der Waals surface area contributed by atoms with E-state index in [1.807, 2.05) is 0 Å². The Balaban J connectivity index is -0.000000605. The molecule has 0 radical (unpaired) electrons. The molecule has 0 aliphatic carbocycles. The molecule has 82 valence electrons. The third kappa shape index (κ3) is 6.82. The van der Waals surface area contributed by atoms with Crippen molar-refractivity contribution < 1.29 is 21.4 Å². The molecule has 0 aliphatic rings. The summed E-state index contributed by atoms with van der Waals surface area (Å²) in [7, 11) is -1.53. The topological polar surface area (TPSA) is 9.23 Å². The predicted octanol–water partition coefficient (Wildman–Crippen LogP) is 0.244. The fourth-order valence-corrected chi connectivity index (χ4v) is 2.22. The monoisotopic (exact) mass is 290 g/mol. The summed E-state index contributed by atoms with van der Waals surface area (Å²) in [5, 5.41) is 0.316. The molecule has 0 aromatic rings. The molecule has 0 saturated heterocycles. The van der Waals surface area contributed by atoms with Crippen molar-refractivity contribution in [1.29, 1.82) is 0 Å². The van der Waals surface area contributed by atoms with Crippen molar-refractivity contribution in [2.45, 2.75) is 58.4 Å². The molecular weight excluding hydrogens is 268 g/mol. The van der Waals surface area contributed by atoms with Crippen LogP contribution in [0.15, 0.2) is 0 Å².